The maximum Gasteiger partial charge on any atom is 0.407 e. The molecule has 3 rings (SSSR count). The van der Waals surface area contributed by atoms with Crippen molar-refractivity contribution in [3.63, 3.8) is 0 Å². The quantitative estimate of drug-likeness (QED) is 0.347. The Labute approximate surface area is 211 Å². The maximum atomic E-state index is 12.7. The number of aliphatic carboxylic acids is 1. The van der Waals surface area contributed by atoms with Gasteiger partial charge in [0, 0.05) is 16.5 Å². The number of carbonyl (C=O) groups is 3. The summed E-state index contributed by atoms with van der Waals surface area (Å²) in [5, 5.41) is 24.2. The number of aryl methyl sites for hydroxylation is 1. The average molecular weight is 520 g/mol. The number of tetrazole rings is 1. The first-order valence-electron chi connectivity index (χ1n) is 10.7. The lowest BCUT2D eigenvalue weighted by atomic mass is 10.1. The van der Waals surface area contributed by atoms with Crippen LogP contribution in [0.15, 0.2) is 48.5 Å². The van der Waals surface area contributed by atoms with Crippen LogP contribution >= 0.6 is 23.2 Å². The van der Waals surface area contributed by atoms with E-state index in [9.17, 15) is 14.4 Å². The highest BCUT2D eigenvalue weighted by Gasteiger charge is 2.25. The van der Waals surface area contributed by atoms with Crippen LogP contribution in [0.25, 0.3) is 0 Å². The van der Waals surface area contributed by atoms with Crippen molar-refractivity contribution in [3.05, 3.63) is 75.5 Å². The van der Waals surface area contributed by atoms with Crippen LogP contribution in [0.2, 0.25) is 10.0 Å². The third-order valence-corrected chi connectivity index (χ3v) is 5.64. The number of rotatable bonds is 12. The molecule has 2 aromatic carbocycles. The number of carbonyl (C=O) groups excluding carboxylic acids is 2. The van der Waals surface area contributed by atoms with Crippen molar-refractivity contribution in [2.24, 2.45) is 0 Å². The summed E-state index contributed by atoms with van der Waals surface area (Å²) >= 11 is 12.3. The molecule has 0 saturated heterocycles. The second-order valence-corrected chi connectivity index (χ2v) is 8.41. The molecular formula is C23H23Cl2N5O5. The third-order valence-electron chi connectivity index (χ3n) is 4.93. The normalized spacial score (nSPS) is 11.6. The second-order valence-electron chi connectivity index (χ2n) is 7.60. The SMILES string of the molecule is O=C(O)CC(NC(=O)OCCCc1ccccc1)C(=O)Cn1nnc(Cc2c(Cl)cccc2Cl)n1. The largest absolute Gasteiger partial charge is 0.481 e. The number of alkyl carbamates (subject to hydrolysis) is 1. The molecule has 1 aromatic heterocycles. The first kappa shape index (κ1) is 26.1. The van der Waals surface area contributed by atoms with Gasteiger partial charge < -0.3 is 15.2 Å². The van der Waals surface area contributed by atoms with E-state index in [4.69, 9.17) is 33.0 Å². The summed E-state index contributed by atoms with van der Waals surface area (Å²) in [7, 11) is 0. The number of aromatic nitrogens is 4. The summed E-state index contributed by atoms with van der Waals surface area (Å²) in [6, 6.07) is 13.4. The molecule has 35 heavy (non-hydrogen) atoms. The van der Waals surface area contributed by atoms with Crippen LogP contribution < -0.4 is 5.32 Å². The summed E-state index contributed by atoms with van der Waals surface area (Å²) in [5.41, 5.74) is 1.72. The minimum absolute atomic E-state index is 0.118. The number of Topliss-reactive ketones (excluding diaryl/α,β-unsaturated/α-hetero) is 1. The topological polar surface area (TPSA) is 136 Å². The molecule has 0 saturated carbocycles. The molecule has 2 N–H and O–H groups in total. The number of ether oxygens (including phenoxy) is 1. The van der Waals surface area contributed by atoms with E-state index >= 15 is 0 Å². The molecule has 0 aliphatic rings. The van der Waals surface area contributed by atoms with Gasteiger partial charge in [-0.2, -0.15) is 4.80 Å². The van der Waals surface area contributed by atoms with Gasteiger partial charge in [-0.1, -0.05) is 59.6 Å². The zero-order chi connectivity index (χ0) is 25.2. The highest BCUT2D eigenvalue weighted by molar-refractivity contribution is 6.36. The number of nitrogens with one attached hydrogen (secondary N) is 1. The highest BCUT2D eigenvalue weighted by Crippen LogP contribution is 2.25. The van der Waals surface area contributed by atoms with Crippen LogP contribution in [0.5, 0.6) is 0 Å². The molecule has 1 amide bonds. The Bertz CT molecular complexity index is 1150. The van der Waals surface area contributed by atoms with Gasteiger partial charge >= 0.3 is 12.1 Å². The van der Waals surface area contributed by atoms with E-state index in [0.29, 0.717) is 28.5 Å². The summed E-state index contributed by atoms with van der Waals surface area (Å²) in [5.74, 6) is -1.60. The molecule has 0 aliphatic heterocycles. The number of hydrogen-bond donors (Lipinski definition) is 2. The van der Waals surface area contributed by atoms with Gasteiger partial charge in [0.15, 0.2) is 11.6 Å². The lowest BCUT2D eigenvalue weighted by Gasteiger charge is -2.15. The van der Waals surface area contributed by atoms with E-state index in [0.717, 1.165) is 10.4 Å². The highest BCUT2D eigenvalue weighted by atomic mass is 35.5. The molecule has 0 radical (unpaired) electrons. The van der Waals surface area contributed by atoms with Crippen molar-refractivity contribution < 1.29 is 24.2 Å². The number of benzene rings is 2. The van der Waals surface area contributed by atoms with Gasteiger partial charge in [0.2, 0.25) is 0 Å². The molecule has 10 nitrogen and oxygen atoms in total. The van der Waals surface area contributed by atoms with Crippen LogP contribution in [0.4, 0.5) is 4.79 Å². The molecular weight excluding hydrogens is 497 g/mol. The molecule has 12 heteroatoms. The van der Waals surface area contributed by atoms with Crippen molar-refractivity contribution in [2.75, 3.05) is 6.61 Å². The molecule has 0 bridgehead atoms. The zero-order valence-electron chi connectivity index (χ0n) is 18.6. The number of carboxylic acids is 1. The van der Waals surface area contributed by atoms with E-state index in [1.165, 1.54) is 0 Å². The van der Waals surface area contributed by atoms with E-state index in [1.807, 2.05) is 30.3 Å². The van der Waals surface area contributed by atoms with Gasteiger partial charge in [-0.15, -0.1) is 10.2 Å². The standard InChI is InChI=1S/C23H23Cl2N5O5/c24-17-9-4-10-18(25)16(17)12-21-27-29-30(28-21)14-20(31)19(13-22(32)33)26-23(34)35-11-5-8-15-6-2-1-3-7-15/h1-4,6-7,9-10,19H,5,8,11-14H2,(H,26,34)(H,32,33). The summed E-state index contributed by atoms with van der Waals surface area (Å²) in [6.07, 6.45) is -0.00664. The molecule has 3 aromatic rings. The number of hydrogen-bond acceptors (Lipinski definition) is 7. The molecule has 0 fully saturated rings. The minimum Gasteiger partial charge on any atom is -0.481 e. The average Bonchev–Trinajstić information content (AvgIpc) is 3.26. The van der Waals surface area contributed by atoms with Gasteiger partial charge in [0.05, 0.1) is 13.0 Å². The summed E-state index contributed by atoms with van der Waals surface area (Å²) in [4.78, 5) is 37.0. The predicted molar refractivity (Wildman–Crippen MR) is 127 cm³/mol. The van der Waals surface area contributed by atoms with E-state index < -0.39 is 36.9 Å². The fraction of sp³-hybridized carbons (Fsp3) is 0.304. The van der Waals surface area contributed by atoms with Crippen molar-refractivity contribution in [3.8, 4) is 0 Å². The lowest BCUT2D eigenvalue weighted by Crippen LogP contribution is -2.44. The van der Waals surface area contributed by atoms with Crippen molar-refractivity contribution >= 4 is 41.0 Å². The first-order chi connectivity index (χ1) is 16.8. The molecule has 1 heterocycles. The zero-order valence-corrected chi connectivity index (χ0v) is 20.1. The van der Waals surface area contributed by atoms with Crippen molar-refractivity contribution in [1.29, 1.82) is 0 Å². The van der Waals surface area contributed by atoms with Crippen molar-refractivity contribution in [2.45, 2.75) is 38.3 Å². The van der Waals surface area contributed by atoms with Crippen LogP contribution in [-0.4, -0.2) is 55.8 Å². The molecule has 1 atom stereocenters. The minimum atomic E-state index is -1.32. The van der Waals surface area contributed by atoms with Crippen LogP contribution in [0, 0.1) is 0 Å². The van der Waals surface area contributed by atoms with Gasteiger partial charge in [0.25, 0.3) is 0 Å². The summed E-state index contributed by atoms with van der Waals surface area (Å²) < 4.78 is 5.10. The van der Waals surface area contributed by atoms with Crippen LogP contribution in [0.3, 0.4) is 0 Å². The molecule has 1 unspecified atom stereocenters. The Morgan fingerprint density at radius 1 is 1.06 bits per heavy atom. The maximum absolute atomic E-state index is 12.7. The number of amides is 1. The number of halogens is 2. The molecule has 0 aliphatic carbocycles. The van der Waals surface area contributed by atoms with Crippen molar-refractivity contribution in [1.82, 2.24) is 25.5 Å². The Balaban J connectivity index is 1.52. The van der Waals surface area contributed by atoms with Crippen LogP contribution in [-0.2, 0) is 33.7 Å². The Kier molecular flexibility index (Phi) is 9.56. The van der Waals surface area contributed by atoms with E-state index in [-0.39, 0.29) is 18.9 Å². The van der Waals surface area contributed by atoms with E-state index in [2.05, 4.69) is 20.7 Å². The van der Waals surface area contributed by atoms with E-state index in [1.54, 1.807) is 18.2 Å². The Hall–Kier alpha value is -3.50. The number of ketones is 1. The number of carboxylic acid groups (broad SMARTS) is 1. The van der Waals surface area contributed by atoms with Gasteiger partial charge in [0.1, 0.15) is 12.6 Å². The third kappa shape index (κ3) is 8.34. The van der Waals surface area contributed by atoms with Gasteiger partial charge in [-0.25, -0.2) is 4.79 Å². The molecule has 184 valence electrons. The van der Waals surface area contributed by atoms with Gasteiger partial charge in [-0.3, -0.25) is 9.59 Å². The first-order valence-corrected chi connectivity index (χ1v) is 11.5. The number of nitrogens with zero attached hydrogens (tertiary/aromatic N) is 4. The lowest BCUT2D eigenvalue weighted by molar-refractivity contribution is -0.139. The Morgan fingerprint density at radius 3 is 2.46 bits per heavy atom. The van der Waals surface area contributed by atoms with Crippen LogP contribution in [0.1, 0.15) is 29.8 Å². The fourth-order valence-electron chi connectivity index (χ4n) is 3.21. The van der Waals surface area contributed by atoms with Gasteiger partial charge in [-0.05, 0) is 41.3 Å². The monoisotopic (exact) mass is 519 g/mol. The Morgan fingerprint density at radius 2 is 1.77 bits per heavy atom. The molecule has 0 spiro atoms. The summed E-state index contributed by atoms with van der Waals surface area (Å²) in [6.45, 7) is -0.275. The second kappa shape index (κ2) is 12.8. The predicted octanol–water partition coefficient (Wildman–Crippen LogP) is 3.34. The smallest absolute Gasteiger partial charge is 0.407 e. The fourth-order valence-corrected chi connectivity index (χ4v) is 3.74.